The highest BCUT2D eigenvalue weighted by atomic mass is 35.5. The van der Waals surface area contributed by atoms with Crippen molar-refractivity contribution >= 4 is 35.1 Å². The van der Waals surface area contributed by atoms with E-state index in [0.29, 0.717) is 23.0 Å². The Labute approximate surface area is 161 Å². The van der Waals surface area contributed by atoms with Gasteiger partial charge in [0.2, 0.25) is 0 Å². The van der Waals surface area contributed by atoms with Crippen molar-refractivity contribution in [3.8, 4) is 0 Å². The molecule has 0 aliphatic heterocycles. The van der Waals surface area contributed by atoms with Gasteiger partial charge in [0.15, 0.2) is 0 Å². The lowest BCUT2D eigenvalue weighted by Gasteiger charge is -2.18. The number of hydrogen-bond donors (Lipinski definition) is 2. The molecule has 0 amide bonds. The molecule has 2 N–H and O–H groups in total. The fourth-order valence-electron chi connectivity index (χ4n) is 2.45. The quantitative estimate of drug-likeness (QED) is 0.661. The zero-order valence-corrected chi connectivity index (χ0v) is 15.7. The predicted molar refractivity (Wildman–Crippen MR) is 101 cm³/mol. The Morgan fingerprint density at radius 2 is 1.69 bits per heavy atom. The first-order chi connectivity index (χ1) is 12.4. The number of esters is 1. The molecule has 0 spiro atoms. The van der Waals surface area contributed by atoms with Crippen LogP contribution in [-0.4, -0.2) is 29.7 Å². The number of halogens is 2. The number of ether oxygens (including phenoxy) is 1. The SMILES string of the molecule is CCOC(=O)C(Cc1cc(Cl)cc(Cl)c1)NCc1ccc(C(=O)O)cc1. The maximum atomic E-state index is 12.3. The van der Waals surface area contributed by atoms with Gasteiger partial charge < -0.3 is 15.2 Å². The van der Waals surface area contributed by atoms with E-state index in [-0.39, 0.29) is 18.1 Å². The van der Waals surface area contributed by atoms with Crippen molar-refractivity contribution in [2.24, 2.45) is 0 Å². The molecule has 0 bridgehead atoms. The molecular weight excluding hydrogens is 377 g/mol. The second-order valence-corrected chi connectivity index (χ2v) is 6.54. The van der Waals surface area contributed by atoms with Crippen LogP contribution in [0.1, 0.15) is 28.4 Å². The van der Waals surface area contributed by atoms with Crippen LogP contribution < -0.4 is 5.32 Å². The van der Waals surface area contributed by atoms with Gasteiger partial charge in [-0.1, -0.05) is 35.3 Å². The fraction of sp³-hybridized carbons (Fsp3) is 0.263. The largest absolute Gasteiger partial charge is 0.478 e. The Kier molecular flexibility index (Phi) is 7.45. The molecule has 0 fully saturated rings. The summed E-state index contributed by atoms with van der Waals surface area (Å²) in [7, 11) is 0. The molecule has 5 nitrogen and oxygen atoms in total. The van der Waals surface area contributed by atoms with Crippen LogP contribution >= 0.6 is 23.2 Å². The number of nitrogens with one attached hydrogen (secondary N) is 1. The van der Waals surface area contributed by atoms with Gasteiger partial charge in [0.1, 0.15) is 6.04 Å². The van der Waals surface area contributed by atoms with Crippen LogP contribution in [0.15, 0.2) is 42.5 Å². The number of carbonyl (C=O) groups excluding carboxylic acids is 1. The Hall–Kier alpha value is -2.08. The van der Waals surface area contributed by atoms with Crippen LogP contribution in [0.4, 0.5) is 0 Å². The average molecular weight is 396 g/mol. The van der Waals surface area contributed by atoms with E-state index >= 15 is 0 Å². The number of rotatable bonds is 8. The molecule has 1 atom stereocenters. The molecule has 1 unspecified atom stereocenters. The highest BCUT2D eigenvalue weighted by molar-refractivity contribution is 6.34. The maximum absolute atomic E-state index is 12.3. The summed E-state index contributed by atoms with van der Waals surface area (Å²) in [4.78, 5) is 23.2. The minimum atomic E-state index is -0.980. The second-order valence-electron chi connectivity index (χ2n) is 5.67. The topological polar surface area (TPSA) is 75.6 Å². The van der Waals surface area contributed by atoms with Gasteiger partial charge in [-0.3, -0.25) is 4.79 Å². The number of carboxylic acid groups (broad SMARTS) is 1. The lowest BCUT2D eigenvalue weighted by atomic mass is 10.1. The standard InChI is InChI=1S/C19H19Cl2NO4/c1-2-26-19(25)17(9-13-7-15(20)10-16(21)8-13)22-11-12-3-5-14(6-4-12)18(23)24/h3-8,10,17,22H,2,9,11H2,1H3,(H,23,24). The third-order valence-electron chi connectivity index (χ3n) is 3.69. The molecule has 0 radical (unpaired) electrons. The summed E-state index contributed by atoms with van der Waals surface area (Å²) in [6.45, 7) is 2.41. The van der Waals surface area contributed by atoms with Crippen molar-refractivity contribution in [3.63, 3.8) is 0 Å². The molecule has 0 aliphatic rings. The highest BCUT2D eigenvalue weighted by Gasteiger charge is 2.20. The number of carboxylic acids is 1. The smallest absolute Gasteiger partial charge is 0.335 e. The van der Waals surface area contributed by atoms with Gasteiger partial charge in [0.25, 0.3) is 0 Å². The summed E-state index contributed by atoms with van der Waals surface area (Å²) in [6, 6.07) is 11.0. The van der Waals surface area contributed by atoms with E-state index in [1.165, 1.54) is 12.1 Å². The Morgan fingerprint density at radius 3 is 2.23 bits per heavy atom. The molecule has 0 saturated carbocycles. The van der Waals surface area contributed by atoms with E-state index in [9.17, 15) is 9.59 Å². The van der Waals surface area contributed by atoms with Gasteiger partial charge in [-0.05, 0) is 54.8 Å². The molecule has 0 aliphatic carbocycles. The summed E-state index contributed by atoms with van der Waals surface area (Å²) in [6.07, 6.45) is 0.367. The van der Waals surface area contributed by atoms with Crippen LogP contribution in [0.25, 0.3) is 0 Å². The Balaban J connectivity index is 2.09. The molecule has 2 aromatic carbocycles. The molecule has 0 saturated heterocycles. The van der Waals surface area contributed by atoms with E-state index < -0.39 is 12.0 Å². The van der Waals surface area contributed by atoms with Crippen LogP contribution in [-0.2, 0) is 22.5 Å². The van der Waals surface area contributed by atoms with Crippen LogP contribution in [0.2, 0.25) is 10.0 Å². The van der Waals surface area contributed by atoms with Crippen molar-refractivity contribution in [1.29, 1.82) is 0 Å². The van der Waals surface area contributed by atoms with E-state index in [1.54, 1.807) is 37.3 Å². The van der Waals surface area contributed by atoms with Gasteiger partial charge >= 0.3 is 11.9 Å². The first-order valence-electron chi connectivity index (χ1n) is 8.06. The normalized spacial score (nSPS) is 11.8. The average Bonchev–Trinajstić information content (AvgIpc) is 2.58. The minimum Gasteiger partial charge on any atom is -0.478 e. The van der Waals surface area contributed by atoms with Gasteiger partial charge in [0.05, 0.1) is 12.2 Å². The van der Waals surface area contributed by atoms with E-state index in [2.05, 4.69) is 5.32 Å². The zero-order chi connectivity index (χ0) is 19.1. The first-order valence-corrected chi connectivity index (χ1v) is 8.82. The summed E-state index contributed by atoms with van der Waals surface area (Å²) in [5.74, 6) is -1.35. The summed E-state index contributed by atoms with van der Waals surface area (Å²) < 4.78 is 5.13. The monoisotopic (exact) mass is 395 g/mol. The van der Waals surface area contributed by atoms with E-state index in [1.807, 2.05) is 0 Å². The second kappa shape index (κ2) is 9.57. The Morgan fingerprint density at radius 1 is 1.08 bits per heavy atom. The molecule has 0 aromatic heterocycles. The van der Waals surface area contributed by atoms with Crippen LogP contribution in [0.3, 0.4) is 0 Å². The number of benzene rings is 2. The van der Waals surface area contributed by atoms with Gasteiger partial charge in [0, 0.05) is 16.6 Å². The van der Waals surface area contributed by atoms with Crippen molar-refractivity contribution in [1.82, 2.24) is 5.32 Å². The molecule has 26 heavy (non-hydrogen) atoms. The van der Waals surface area contributed by atoms with Crippen molar-refractivity contribution < 1.29 is 19.4 Å². The summed E-state index contributed by atoms with van der Waals surface area (Å²) >= 11 is 12.0. The fourth-order valence-corrected chi connectivity index (χ4v) is 3.02. The lowest BCUT2D eigenvalue weighted by molar-refractivity contribution is -0.145. The van der Waals surface area contributed by atoms with E-state index in [4.69, 9.17) is 33.0 Å². The third-order valence-corrected chi connectivity index (χ3v) is 4.12. The molecule has 0 heterocycles. The third kappa shape index (κ3) is 6.02. The van der Waals surface area contributed by atoms with Crippen LogP contribution in [0.5, 0.6) is 0 Å². The molecule has 7 heteroatoms. The molecule has 138 valence electrons. The zero-order valence-electron chi connectivity index (χ0n) is 14.2. The summed E-state index contributed by atoms with van der Waals surface area (Å²) in [5.41, 5.74) is 1.88. The van der Waals surface area contributed by atoms with Gasteiger partial charge in [-0.25, -0.2) is 4.79 Å². The van der Waals surface area contributed by atoms with Gasteiger partial charge in [-0.15, -0.1) is 0 Å². The van der Waals surface area contributed by atoms with Crippen molar-refractivity contribution in [2.75, 3.05) is 6.61 Å². The summed E-state index contributed by atoms with van der Waals surface area (Å²) in [5, 5.41) is 13.1. The number of aromatic carboxylic acids is 1. The lowest BCUT2D eigenvalue weighted by Crippen LogP contribution is -2.39. The predicted octanol–water partition coefficient (Wildman–Crippen LogP) is 3.96. The molecule has 2 rings (SSSR count). The number of hydrogen-bond acceptors (Lipinski definition) is 4. The molecular formula is C19H19Cl2NO4. The number of carbonyl (C=O) groups is 2. The first kappa shape index (κ1) is 20.2. The maximum Gasteiger partial charge on any atom is 0.335 e. The van der Waals surface area contributed by atoms with Gasteiger partial charge in [-0.2, -0.15) is 0 Å². The Bertz CT molecular complexity index is 757. The minimum absolute atomic E-state index is 0.212. The van der Waals surface area contributed by atoms with Crippen molar-refractivity contribution in [2.45, 2.75) is 25.9 Å². The van der Waals surface area contributed by atoms with E-state index in [0.717, 1.165) is 11.1 Å². The van der Waals surface area contributed by atoms with Crippen molar-refractivity contribution in [3.05, 3.63) is 69.2 Å². The highest BCUT2D eigenvalue weighted by Crippen LogP contribution is 2.20. The van der Waals surface area contributed by atoms with Crippen LogP contribution in [0, 0.1) is 0 Å². The molecule has 2 aromatic rings.